The van der Waals surface area contributed by atoms with Crippen molar-refractivity contribution in [3.63, 3.8) is 0 Å². The molecule has 0 spiro atoms. The molecule has 0 fully saturated rings. The Hall–Kier alpha value is -2.57. The molecule has 0 radical (unpaired) electrons. The molecule has 1 heterocycles. The van der Waals surface area contributed by atoms with Crippen molar-refractivity contribution in [2.45, 2.75) is 26.4 Å². The van der Waals surface area contributed by atoms with Crippen LogP contribution in [0.15, 0.2) is 59.9 Å². The van der Waals surface area contributed by atoms with Gasteiger partial charge in [-0.2, -0.15) is 0 Å². The largest absolute Gasteiger partial charge is 0.357 e. The number of nitrogens with one attached hydrogen (secondary N) is 2. The van der Waals surface area contributed by atoms with Gasteiger partial charge < -0.3 is 10.6 Å². The monoisotopic (exact) mass is 416 g/mol. The van der Waals surface area contributed by atoms with Crippen molar-refractivity contribution in [1.29, 1.82) is 0 Å². The van der Waals surface area contributed by atoms with E-state index in [1.807, 2.05) is 60.9 Å². The second-order valence-electron chi connectivity index (χ2n) is 6.18. The van der Waals surface area contributed by atoms with Crippen LogP contribution in [0, 0.1) is 0 Å². The molecule has 0 aliphatic carbocycles. The Bertz CT molecular complexity index is 939. The van der Waals surface area contributed by atoms with Crippen LogP contribution in [0.1, 0.15) is 31.3 Å². The molecule has 8 heteroatoms. The zero-order valence-electron chi connectivity index (χ0n) is 15.7. The van der Waals surface area contributed by atoms with E-state index in [2.05, 4.69) is 25.8 Å². The number of nitrogens with zero attached hydrogens (tertiary/aromatic N) is 4. The third-order valence-corrected chi connectivity index (χ3v) is 4.72. The molecule has 6 nitrogen and oxygen atoms in total. The standard InChI is InChI=1S/C20H22Cl2N6/c1-3-23-20(26-14(2)17-10-9-15(21)11-18(17)22)24-12-19-27-25-13-28(19)16-7-5-4-6-8-16/h4-11,13-14H,3,12H2,1-2H3,(H2,23,24,26). The van der Waals surface area contributed by atoms with Gasteiger partial charge in [-0.3, -0.25) is 4.57 Å². The summed E-state index contributed by atoms with van der Waals surface area (Å²) in [5.41, 5.74) is 1.95. The van der Waals surface area contributed by atoms with E-state index < -0.39 is 0 Å². The number of hydrogen-bond acceptors (Lipinski definition) is 3. The van der Waals surface area contributed by atoms with Gasteiger partial charge in [0.2, 0.25) is 0 Å². The molecule has 3 rings (SSSR count). The molecule has 1 unspecified atom stereocenters. The van der Waals surface area contributed by atoms with Gasteiger partial charge in [-0.25, -0.2) is 4.99 Å². The first kappa shape index (κ1) is 20.2. The molecule has 1 aromatic heterocycles. The van der Waals surface area contributed by atoms with Crippen LogP contribution < -0.4 is 10.6 Å². The molecular formula is C20H22Cl2N6. The molecule has 0 saturated carbocycles. The molecule has 0 aliphatic heterocycles. The van der Waals surface area contributed by atoms with Crippen LogP contribution in [0.2, 0.25) is 10.0 Å². The minimum Gasteiger partial charge on any atom is -0.357 e. The Morgan fingerprint density at radius 1 is 1.18 bits per heavy atom. The summed E-state index contributed by atoms with van der Waals surface area (Å²) in [6.45, 7) is 5.15. The van der Waals surface area contributed by atoms with Crippen LogP contribution >= 0.6 is 23.2 Å². The topological polar surface area (TPSA) is 67.1 Å². The lowest BCUT2D eigenvalue weighted by Crippen LogP contribution is -2.38. The minimum absolute atomic E-state index is 0.0467. The summed E-state index contributed by atoms with van der Waals surface area (Å²) in [5, 5.41) is 16.1. The van der Waals surface area contributed by atoms with Gasteiger partial charge in [0.15, 0.2) is 11.8 Å². The molecule has 2 N–H and O–H groups in total. The van der Waals surface area contributed by atoms with Gasteiger partial charge in [0.25, 0.3) is 0 Å². The summed E-state index contributed by atoms with van der Waals surface area (Å²) in [7, 11) is 0. The van der Waals surface area contributed by atoms with Crippen molar-refractivity contribution in [2.75, 3.05) is 6.54 Å². The molecule has 2 aromatic carbocycles. The van der Waals surface area contributed by atoms with Crippen molar-refractivity contribution < 1.29 is 0 Å². The average molecular weight is 417 g/mol. The quantitative estimate of drug-likeness (QED) is 0.461. The van der Waals surface area contributed by atoms with Crippen molar-refractivity contribution in [1.82, 2.24) is 25.4 Å². The van der Waals surface area contributed by atoms with Gasteiger partial charge in [0.05, 0.1) is 6.04 Å². The summed E-state index contributed by atoms with van der Waals surface area (Å²) < 4.78 is 1.92. The second-order valence-corrected chi connectivity index (χ2v) is 7.02. The number of halogens is 2. The fourth-order valence-electron chi connectivity index (χ4n) is 2.78. The zero-order chi connectivity index (χ0) is 19.9. The molecule has 3 aromatic rings. The Labute approximate surface area is 174 Å². The van der Waals surface area contributed by atoms with Gasteiger partial charge >= 0.3 is 0 Å². The van der Waals surface area contributed by atoms with E-state index in [0.29, 0.717) is 22.5 Å². The lowest BCUT2D eigenvalue weighted by atomic mass is 10.1. The van der Waals surface area contributed by atoms with Gasteiger partial charge in [-0.05, 0) is 43.7 Å². The normalized spacial score (nSPS) is 12.6. The third-order valence-electron chi connectivity index (χ3n) is 4.16. The lowest BCUT2D eigenvalue weighted by Gasteiger charge is -2.19. The molecule has 28 heavy (non-hydrogen) atoms. The lowest BCUT2D eigenvalue weighted by molar-refractivity contribution is 0.684. The number of aromatic nitrogens is 3. The summed E-state index contributed by atoms with van der Waals surface area (Å²) in [5.74, 6) is 1.42. The van der Waals surface area contributed by atoms with Gasteiger partial charge in [0, 0.05) is 22.3 Å². The summed E-state index contributed by atoms with van der Waals surface area (Å²) in [4.78, 5) is 4.66. The van der Waals surface area contributed by atoms with Gasteiger partial charge in [-0.1, -0.05) is 47.5 Å². The van der Waals surface area contributed by atoms with Gasteiger partial charge in [0.1, 0.15) is 12.9 Å². The van der Waals surface area contributed by atoms with E-state index in [1.54, 1.807) is 12.4 Å². The highest BCUT2D eigenvalue weighted by Gasteiger charge is 2.12. The van der Waals surface area contributed by atoms with E-state index in [-0.39, 0.29) is 6.04 Å². The minimum atomic E-state index is -0.0467. The molecular weight excluding hydrogens is 395 g/mol. The van der Waals surface area contributed by atoms with Crippen molar-refractivity contribution in [3.8, 4) is 5.69 Å². The summed E-state index contributed by atoms with van der Waals surface area (Å²) in [6.07, 6.45) is 1.69. The number of benzene rings is 2. The molecule has 1 atom stereocenters. The van der Waals surface area contributed by atoms with Crippen LogP contribution in [-0.2, 0) is 6.54 Å². The summed E-state index contributed by atoms with van der Waals surface area (Å²) >= 11 is 12.3. The Balaban J connectivity index is 1.76. The smallest absolute Gasteiger partial charge is 0.192 e. The molecule has 146 valence electrons. The number of hydrogen-bond donors (Lipinski definition) is 2. The first-order valence-electron chi connectivity index (χ1n) is 9.02. The first-order valence-corrected chi connectivity index (χ1v) is 9.78. The molecule has 0 saturated heterocycles. The predicted molar refractivity (Wildman–Crippen MR) is 114 cm³/mol. The Kier molecular flexibility index (Phi) is 6.90. The van der Waals surface area contributed by atoms with Crippen molar-refractivity contribution in [3.05, 3.63) is 76.3 Å². The highest BCUT2D eigenvalue weighted by atomic mass is 35.5. The number of guanidine groups is 1. The van der Waals surface area contributed by atoms with E-state index in [0.717, 1.165) is 23.6 Å². The SMILES string of the molecule is CCNC(=NCc1nncn1-c1ccccc1)NC(C)c1ccc(Cl)cc1Cl. The fraction of sp³-hybridized carbons (Fsp3) is 0.250. The fourth-order valence-corrected chi connectivity index (χ4v) is 3.35. The van der Waals surface area contributed by atoms with Crippen LogP contribution in [0.5, 0.6) is 0 Å². The van der Waals surface area contributed by atoms with Crippen molar-refractivity contribution >= 4 is 29.2 Å². The van der Waals surface area contributed by atoms with E-state index in [4.69, 9.17) is 23.2 Å². The Morgan fingerprint density at radius 3 is 2.68 bits per heavy atom. The van der Waals surface area contributed by atoms with Crippen LogP contribution in [0.25, 0.3) is 5.69 Å². The van der Waals surface area contributed by atoms with Crippen LogP contribution in [0.4, 0.5) is 0 Å². The maximum atomic E-state index is 6.33. The highest BCUT2D eigenvalue weighted by Crippen LogP contribution is 2.26. The average Bonchev–Trinajstić information content (AvgIpc) is 3.15. The number of para-hydroxylation sites is 1. The molecule has 0 bridgehead atoms. The highest BCUT2D eigenvalue weighted by molar-refractivity contribution is 6.35. The molecule has 0 aliphatic rings. The van der Waals surface area contributed by atoms with Gasteiger partial charge in [-0.15, -0.1) is 10.2 Å². The van der Waals surface area contributed by atoms with Crippen molar-refractivity contribution in [2.24, 2.45) is 4.99 Å². The van der Waals surface area contributed by atoms with Crippen LogP contribution in [-0.4, -0.2) is 27.3 Å². The Morgan fingerprint density at radius 2 is 1.96 bits per heavy atom. The van der Waals surface area contributed by atoms with Crippen LogP contribution in [0.3, 0.4) is 0 Å². The van der Waals surface area contributed by atoms with E-state index in [1.165, 1.54) is 0 Å². The maximum Gasteiger partial charge on any atom is 0.192 e. The number of aliphatic imine (C=N–C) groups is 1. The predicted octanol–water partition coefficient (Wildman–Crippen LogP) is 4.39. The first-order chi connectivity index (χ1) is 13.6. The maximum absolute atomic E-state index is 6.33. The second kappa shape index (κ2) is 9.57. The zero-order valence-corrected chi connectivity index (χ0v) is 17.2. The summed E-state index contributed by atoms with van der Waals surface area (Å²) in [6, 6.07) is 15.4. The van der Waals surface area contributed by atoms with E-state index in [9.17, 15) is 0 Å². The number of rotatable bonds is 6. The third kappa shape index (κ3) is 5.03. The van der Waals surface area contributed by atoms with E-state index >= 15 is 0 Å². The molecule has 0 amide bonds.